The van der Waals surface area contributed by atoms with E-state index in [-0.39, 0.29) is 24.4 Å². The van der Waals surface area contributed by atoms with Gasteiger partial charge in [0.2, 0.25) is 5.91 Å². The lowest BCUT2D eigenvalue weighted by atomic mass is 10.1. The Morgan fingerprint density at radius 1 is 1.38 bits per heavy atom. The molecule has 21 heavy (non-hydrogen) atoms. The van der Waals surface area contributed by atoms with Crippen molar-refractivity contribution in [3.8, 4) is 0 Å². The van der Waals surface area contributed by atoms with Gasteiger partial charge in [-0.1, -0.05) is 12.8 Å². The van der Waals surface area contributed by atoms with Crippen molar-refractivity contribution in [2.24, 2.45) is 0 Å². The van der Waals surface area contributed by atoms with Crippen LogP contribution < -0.4 is 5.32 Å². The maximum Gasteiger partial charge on any atom is 0.321 e. The molecule has 0 aromatic heterocycles. The maximum atomic E-state index is 12.7. The van der Waals surface area contributed by atoms with Crippen LogP contribution in [-0.2, 0) is 9.59 Å². The van der Waals surface area contributed by atoms with E-state index >= 15 is 0 Å². The third-order valence-electron chi connectivity index (χ3n) is 4.30. The van der Waals surface area contributed by atoms with E-state index < -0.39 is 12.0 Å². The number of carboxylic acids is 1. The number of carboxylic acid groups (broad SMARTS) is 1. The molecule has 1 saturated heterocycles. The van der Waals surface area contributed by atoms with Gasteiger partial charge in [-0.2, -0.15) is 0 Å². The number of nitrogens with one attached hydrogen (secondary N) is 1. The largest absolute Gasteiger partial charge is 0.481 e. The van der Waals surface area contributed by atoms with Gasteiger partial charge in [0, 0.05) is 25.7 Å². The molecule has 1 aliphatic carbocycles. The van der Waals surface area contributed by atoms with Crippen molar-refractivity contribution in [3.63, 3.8) is 0 Å². The Morgan fingerprint density at radius 2 is 2.05 bits per heavy atom. The molecule has 1 atom stereocenters. The first-order valence-electron chi connectivity index (χ1n) is 7.61. The molecule has 1 aliphatic heterocycles. The average molecular weight is 297 g/mol. The molecular formula is C14H23N3O4. The highest BCUT2D eigenvalue weighted by atomic mass is 16.4. The molecule has 1 heterocycles. The summed E-state index contributed by atoms with van der Waals surface area (Å²) < 4.78 is 0. The predicted molar refractivity (Wildman–Crippen MR) is 75.8 cm³/mol. The molecule has 0 radical (unpaired) electrons. The summed E-state index contributed by atoms with van der Waals surface area (Å²) in [4.78, 5) is 38.8. The Morgan fingerprint density at radius 3 is 2.62 bits per heavy atom. The highest BCUT2D eigenvalue weighted by molar-refractivity contribution is 5.91. The third kappa shape index (κ3) is 3.46. The molecule has 2 aliphatic rings. The van der Waals surface area contributed by atoms with Crippen LogP contribution in [0.4, 0.5) is 4.79 Å². The zero-order valence-electron chi connectivity index (χ0n) is 12.4. The van der Waals surface area contributed by atoms with E-state index in [0.717, 1.165) is 25.7 Å². The van der Waals surface area contributed by atoms with Crippen LogP contribution in [0.25, 0.3) is 0 Å². The van der Waals surface area contributed by atoms with Gasteiger partial charge < -0.3 is 20.2 Å². The Kier molecular flexibility index (Phi) is 5.03. The number of carbonyl (C=O) groups excluding carboxylic acids is 2. The van der Waals surface area contributed by atoms with Crippen molar-refractivity contribution in [1.29, 1.82) is 0 Å². The van der Waals surface area contributed by atoms with Crippen molar-refractivity contribution < 1.29 is 19.5 Å². The Labute approximate surface area is 124 Å². The van der Waals surface area contributed by atoms with Gasteiger partial charge in [-0.05, 0) is 19.8 Å². The summed E-state index contributed by atoms with van der Waals surface area (Å²) in [5, 5.41) is 11.6. The second kappa shape index (κ2) is 6.78. The van der Waals surface area contributed by atoms with Crippen LogP contribution in [0.5, 0.6) is 0 Å². The first-order valence-corrected chi connectivity index (χ1v) is 7.61. The van der Waals surface area contributed by atoms with E-state index in [4.69, 9.17) is 5.11 Å². The molecule has 2 fully saturated rings. The molecule has 2 rings (SSSR count). The number of aliphatic carboxylic acids is 1. The summed E-state index contributed by atoms with van der Waals surface area (Å²) in [7, 11) is 0. The van der Waals surface area contributed by atoms with Gasteiger partial charge in [-0.15, -0.1) is 0 Å². The summed E-state index contributed by atoms with van der Waals surface area (Å²) in [5.41, 5.74) is 0. The molecule has 7 nitrogen and oxygen atoms in total. The van der Waals surface area contributed by atoms with Gasteiger partial charge in [-0.3, -0.25) is 9.59 Å². The normalized spacial score (nSPS) is 23.0. The number of nitrogens with zero attached hydrogens (tertiary/aromatic N) is 2. The number of piperazine rings is 1. The summed E-state index contributed by atoms with van der Waals surface area (Å²) in [6, 6.07) is -0.886. The zero-order chi connectivity index (χ0) is 15.4. The van der Waals surface area contributed by atoms with Crippen LogP contribution >= 0.6 is 0 Å². The number of amides is 3. The van der Waals surface area contributed by atoms with Crippen molar-refractivity contribution in [1.82, 2.24) is 15.1 Å². The molecule has 7 heteroatoms. The van der Waals surface area contributed by atoms with Crippen LogP contribution in [0.3, 0.4) is 0 Å². The van der Waals surface area contributed by atoms with Gasteiger partial charge in [0.25, 0.3) is 0 Å². The molecule has 0 bridgehead atoms. The number of urea groups is 1. The Hall–Kier alpha value is -1.79. The van der Waals surface area contributed by atoms with E-state index in [1.165, 1.54) is 4.90 Å². The summed E-state index contributed by atoms with van der Waals surface area (Å²) in [6.45, 7) is 3.25. The summed E-state index contributed by atoms with van der Waals surface area (Å²) in [6.07, 6.45) is 3.87. The second-order valence-electron chi connectivity index (χ2n) is 5.60. The monoisotopic (exact) mass is 297 g/mol. The van der Waals surface area contributed by atoms with Crippen LogP contribution in [0.15, 0.2) is 0 Å². The van der Waals surface area contributed by atoms with Gasteiger partial charge in [-0.25, -0.2) is 4.79 Å². The first-order chi connectivity index (χ1) is 10.0. The Balaban J connectivity index is 2.13. The fourth-order valence-electron chi connectivity index (χ4n) is 3.24. The minimum atomic E-state index is -1.07. The molecule has 3 amide bonds. The van der Waals surface area contributed by atoms with E-state index in [2.05, 4.69) is 5.32 Å². The van der Waals surface area contributed by atoms with Crippen LogP contribution in [0.1, 0.15) is 39.0 Å². The van der Waals surface area contributed by atoms with Gasteiger partial charge in [0.15, 0.2) is 0 Å². The van der Waals surface area contributed by atoms with Crippen LogP contribution in [-0.4, -0.2) is 64.5 Å². The topological polar surface area (TPSA) is 90.0 Å². The van der Waals surface area contributed by atoms with Gasteiger partial charge >= 0.3 is 12.0 Å². The zero-order valence-corrected chi connectivity index (χ0v) is 12.4. The van der Waals surface area contributed by atoms with Crippen LogP contribution in [0.2, 0.25) is 0 Å². The van der Waals surface area contributed by atoms with E-state index in [0.29, 0.717) is 19.6 Å². The van der Waals surface area contributed by atoms with Gasteiger partial charge in [0.05, 0.1) is 6.42 Å². The average Bonchev–Trinajstić information content (AvgIpc) is 2.95. The standard InChI is InChI=1S/C14H23N3O4/c1-2-16(10-5-3-4-6-10)14(21)17-8-7-15-13(20)11(17)9-12(18)19/h10-11H,2-9H2,1H3,(H,15,20)(H,18,19). The number of carbonyl (C=O) groups is 3. The molecule has 2 N–H and O–H groups in total. The smallest absolute Gasteiger partial charge is 0.321 e. The van der Waals surface area contributed by atoms with E-state index in [1.807, 2.05) is 6.92 Å². The third-order valence-corrected chi connectivity index (χ3v) is 4.30. The highest BCUT2D eigenvalue weighted by Gasteiger charge is 2.38. The maximum absolute atomic E-state index is 12.7. The van der Waals surface area contributed by atoms with Gasteiger partial charge in [0.1, 0.15) is 6.04 Å². The minimum Gasteiger partial charge on any atom is -0.481 e. The number of rotatable bonds is 4. The molecule has 118 valence electrons. The highest BCUT2D eigenvalue weighted by Crippen LogP contribution is 2.25. The lowest BCUT2D eigenvalue weighted by Gasteiger charge is -2.39. The lowest BCUT2D eigenvalue weighted by Crippen LogP contribution is -2.61. The van der Waals surface area contributed by atoms with E-state index in [1.54, 1.807) is 4.90 Å². The predicted octanol–water partition coefficient (Wildman–Crippen LogP) is 0.646. The molecule has 0 spiro atoms. The molecule has 1 saturated carbocycles. The summed E-state index contributed by atoms with van der Waals surface area (Å²) >= 11 is 0. The minimum absolute atomic E-state index is 0.203. The fraction of sp³-hybridized carbons (Fsp3) is 0.786. The van der Waals surface area contributed by atoms with Crippen molar-refractivity contribution >= 4 is 17.9 Å². The first kappa shape index (κ1) is 15.6. The Bertz CT molecular complexity index is 420. The molecule has 0 aromatic rings. The molecule has 1 unspecified atom stereocenters. The molecule has 0 aromatic carbocycles. The van der Waals surface area contributed by atoms with Crippen molar-refractivity contribution in [3.05, 3.63) is 0 Å². The molecular weight excluding hydrogens is 274 g/mol. The SMILES string of the molecule is CCN(C(=O)N1CCNC(=O)C1CC(=O)O)C1CCCC1. The fourth-order valence-corrected chi connectivity index (χ4v) is 3.24. The van der Waals surface area contributed by atoms with Crippen molar-refractivity contribution in [2.45, 2.75) is 51.1 Å². The van der Waals surface area contributed by atoms with Crippen LogP contribution in [0, 0.1) is 0 Å². The lowest BCUT2D eigenvalue weighted by molar-refractivity contribution is -0.142. The summed E-state index contributed by atoms with van der Waals surface area (Å²) in [5.74, 6) is -1.45. The second-order valence-corrected chi connectivity index (χ2v) is 5.60. The van der Waals surface area contributed by atoms with Crippen molar-refractivity contribution in [2.75, 3.05) is 19.6 Å². The number of hydrogen-bond acceptors (Lipinski definition) is 3. The van der Waals surface area contributed by atoms with E-state index in [9.17, 15) is 14.4 Å². The number of hydrogen-bond donors (Lipinski definition) is 2. The quantitative estimate of drug-likeness (QED) is 0.797.